The van der Waals surface area contributed by atoms with Crippen molar-refractivity contribution in [2.24, 2.45) is 5.92 Å². The van der Waals surface area contributed by atoms with E-state index in [1.807, 2.05) is 12.2 Å². The minimum absolute atomic E-state index is 0.0766. The van der Waals surface area contributed by atoms with Crippen molar-refractivity contribution < 1.29 is 47.7 Å². The number of amides is 4. The molecule has 0 radical (unpaired) electrons. The van der Waals surface area contributed by atoms with E-state index >= 15 is 0 Å². The number of allylic oxidation sites excluding steroid dienone is 1. The Hall–Kier alpha value is -4.20. The van der Waals surface area contributed by atoms with Crippen LogP contribution in [0.15, 0.2) is 30.4 Å². The van der Waals surface area contributed by atoms with Crippen LogP contribution >= 0.6 is 0 Å². The zero-order valence-corrected chi connectivity index (χ0v) is 28.4. The van der Waals surface area contributed by atoms with Gasteiger partial charge in [-0.05, 0) is 75.0 Å². The van der Waals surface area contributed by atoms with E-state index in [1.165, 1.54) is 23.0 Å². The molecule has 0 spiro atoms. The number of halogens is 1. The molecule has 13 nitrogen and oxygen atoms in total. The average Bonchev–Trinajstić information content (AvgIpc) is 3.35. The number of hydrogen-bond acceptors (Lipinski definition) is 8. The predicted molar refractivity (Wildman–Crippen MR) is 176 cm³/mol. The number of rotatable bonds is 6. The normalized spacial score (nSPS) is 30.9. The first-order valence-electron chi connectivity index (χ1n) is 17.8. The molecule has 3 N–H and O–H groups in total. The van der Waals surface area contributed by atoms with E-state index in [-0.39, 0.29) is 50.9 Å². The van der Waals surface area contributed by atoms with Crippen molar-refractivity contribution in [2.45, 2.75) is 113 Å². The highest BCUT2D eigenvalue weighted by atomic mass is 19.1. The first-order chi connectivity index (χ1) is 24.1. The molecule has 3 fully saturated rings. The topological polar surface area (TPSA) is 164 Å². The smallest absolute Gasteiger partial charge is 0.410 e. The molecule has 5 aliphatic rings. The highest BCUT2D eigenvalue weighted by Crippen LogP contribution is 2.45. The summed E-state index contributed by atoms with van der Waals surface area (Å²) in [4.78, 5) is 70.0. The summed E-state index contributed by atoms with van der Waals surface area (Å²) in [6, 6.07) is 1.93. The summed E-state index contributed by atoms with van der Waals surface area (Å²) in [5.74, 6) is -3.11. The highest BCUT2D eigenvalue weighted by molar-refractivity contribution is 5.96. The van der Waals surface area contributed by atoms with E-state index in [0.29, 0.717) is 24.0 Å². The molecule has 1 aromatic rings. The molecular weight excluding hydrogens is 651 g/mol. The van der Waals surface area contributed by atoms with Gasteiger partial charge in [0.15, 0.2) is 0 Å². The van der Waals surface area contributed by atoms with Crippen molar-refractivity contribution in [1.29, 1.82) is 0 Å². The molecule has 3 aliphatic heterocycles. The van der Waals surface area contributed by atoms with Crippen molar-refractivity contribution in [2.75, 3.05) is 26.8 Å². The third-order valence-corrected chi connectivity index (χ3v) is 10.8. The summed E-state index contributed by atoms with van der Waals surface area (Å²) < 4.78 is 31.6. The lowest BCUT2D eigenvalue weighted by Gasteiger charge is -2.36. The number of hydrogen-bond donors (Lipinski definition) is 3. The molecule has 2 aliphatic carbocycles. The number of nitrogens with zero attached hydrogens (tertiary/aromatic N) is 2. The second kappa shape index (κ2) is 15.4. The molecule has 3 heterocycles. The fraction of sp³-hybridized carbons (Fsp3) is 0.639. The van der Waals surface area contributed by atoms with E-state index < -0.39 is 65.7 Å². The number of carboxylic acids is 1. The SMILES string of the molecule is COCC1c2cccc(F)c2CCN1C(=O)O[C@@H]1CC2C(=O)N[C@]3(C(=O)O)C[C@H]3/C=C\CCCCC[C@H](NC(=O)OC3CCCC3)C(=O)N2C1. The van der Waals surface area contributed by atoms with Crippen molar-refractivity contribution in [3.05, 3.63) is 47.3 Å². The van der Waals surface area contributed by atoms with Crippen LogP contribution < -0.4 is 10.6 Å². The van der Waals surface area contributed by atoms with E-state index in [2.05, 4.69) is 10.6 Å². The Bertz CT molecular complexity index is 1500. The Morgan fingerprint density at radius 3 is 2.60 bits per heavy atom. The number of fused-ring (bicyclic) bond motifs is 3. The third-order valence-electron chi connectivity index (χ3n) is 10.8. The lowest BCUT2D eigenvalue weighted by atomic mass is 9.93. The Labute approximate surface area is 290 Å². The number of carbonyl (C=O) groups excluding carboxylic acids is 4. The van der Waals surface area contributed by atoms with E-state index in [0.717, 1.165) is 44.9 Å². The molecule has 2 saturated carbocycles. The van der Waals surface area contributed by atoms with Crippen LogP contribution in [0.2, 0.25) is 0 Å². The van der Waals surface area contributed by atoms with Crippen molar-refractivity contribution >= 4 is 30.0 Å². The van der Waals surface area contributed by atoms with Crippen LogP contribution in [0.1, 0.15) is 87.8 Å². The zero-order valence-electron chi connectivity index (χ0n) is 28.4. The van der Waals surface area contributed by atoms with Crippen LogP contribution in [0.3, 0.4) is 0 Å². The lowest BCUT2D eigenvalue weighted by Crippen LogP contribution is -2.56. The maximum Gasteiger partial charge on any atom is 0.410 e. The third kappa shape index (κ3) is 7.59. The van der Waals surface area contributed by atoms with Crippen LogP contribution in [0.5, 0.6) is 0 Å². The van der Waals surface area contributed by atoms with Gasteiger partial charge in [-0.2, -0.15) is 0 Å². The van der Waals surface area contributed by atoms with Crippen LogP contribution in [-0.4, -0.2) is 102 Å². The number of ether oxygens (including phenoxy) is 3. The molecule has 272 valence electrons. The van der Waals surface area contributed by atoms with E-state index in [4.69, 9.17) is 14.2 Å². The molecule has 0 aromatic heterocycles. The summed E-state index contributed by atoms with van der Waals surface area (Å²) in [5.41, 5.74) is -0.364. The monoisotopic (exact) mass is 698 g/mol. The molecule has 50 heavy (non-hydrogen) atoms. The number of alkyl carbamates (subject to hydrolysis) is 1. The van der Waals surface area contributed by atoms with Gasteiger partial charge in [0.25, 0.3) is 0 Å². The molecule has 2 unspecified atom stereocenters. The van der Waals surface area contributed by atoms with Gasteiger partial charge in [0, 0.05) is 26.0 Å². The van der Waals surface area contributed by atoms with Gasteiger partial charge in [-0.25, -0.2) is 18.8 Å². The number of aliphatic carboxylic acids is 1. The van der Waals surface area contributed by atoms with E-state index in [9.17, 15) is 33.5 Å². The first-order valence-corrected chi connectivity index (χ1v) is 17.8. The number of carboxylic acid groups (broad SMARTS) is 1. The summed E-state index contributed by atoms with van der Waals surface area (Å²) >= 11 is 0. The largest absolute Gasteiger partial charge is 0.479 e. The van der Waals surface area contributed by atoms with Crippen molar-refractivity contribution in [3.63, 3.8) is 0 Å². The maximum absolute atomic E-state index is 14.6. The standard InChI is InChI=1S/C36H47FN4O9/c1-48-21-30-26-13-9-14-27(37)25(26)16-17-40(30)35(47)50-24-18-29-31(42)39-36(33(44)45)19-22(36)10-5-3-2-4-6-15-28(32(43)41(29)20-24)38-34(46)49-23-11-7-8-12-23/h5,9-10,13-14,22-24,28-30H,2-4,6-8,11-12,15-21H2,1H3,(H,38,46)(H,39,42)(H,44,45)/b10-5-/t22-,24-,28+,29?,30?,36-/m1/s1. The van der Waals surface area contributed by atoms with E-state index in [1.54, 1.807) is 12.1 Å². The Morgan fingerprint density at radius 2 is 1.84 bits per heavy atom. The van der Waals surface area contributed by atoms with Crippen molar-refractivity contribution in [3.8, 4) is 0 Å². The zero-order chi connectivity index (χ0) is 35.4. The summed E-state index contributed by atoms with van der Waals surface area (Å²) in [7, 11) is 1.49. The second-order valence-corrected chi connectivity index (χ2v) is 14.1. The van der Waals surface area contributed by atoms with Crippen LogP contribution in [0, 0.1) is 11.7 Å². The summed E-state index contributed by atoms with van der Waals surface area (Å²) in [6.07, 6.45) is 8.33. The molecule has 1 saturated heterocycles. The van der Waals surface area contributed by atoms with Crippen LogP contribution in [0.25, 0.3) is 0 Å². The van der Waals surface area contributed by atoms with Gasteiger partial charge in [0.05, 0.1) is 19.2 Å². The van der Waals surface area contributed by atoms with Gasteiger partial charge < -0.3 is 34.9 Å². The van der Waals surface area contributed by atoms with Gasteiger partial charge in [-0.1, -0.05) is 37.1 Å². The van der Waals surface area contributed by atoms with Gasteiger partial charge >= 0.3 is 18.2 Å². The Kier molecular flexibility index (Phi) is 10.9. The lowest BCUT2D eigenvalue weighted by molar-refractivity contribution is -0.145. The molecule has 0 bridgehead atoms. The number of carbonyl (C=O) groups is 5. The Balaban J connectivity index is 1.23. The molecule has 6 rings (SSSR count). The quantitative estimate of drug-likeness (QED) is 0.373. The van der Waals surface area contributed by atoms with Gasteiger partial charge in [-0.3, -0.25) is 14.5 Å². The van der Waals surface area contributed by atoms with Crippen molar-refractivity contribution in [1.82, 2.24) is 20.4 Å². The molecule has 6 atom stereocenters. The number of benzene rings is 1. The van der Waals surface area contributed by atoms with Gasteiger partial charge in [0.1, 0.15) is 35.6 Å². The molecular formula is C36H47FN4O9. The first kappa shape index (κ1) is 35.6. The molecule has 14 heteroatoms. The molecule has 4 amide bonds. The Morgan fingerprint density at radius 1 is 1.06 bits per heavy atom. The fourth-order valence-electron chi connectivity index (χ4n) is 7.95. The minimum atomic E-state index is -1.50. The number of methoxy groups -OCH3 is 1. The minimum Gasteiger partial charge on any atom is -0.479 e. The predicted octanol–water partition coefficient (Wildman–Crippen LogP) is 3.99. The maximum atomic E-state index is 14.6. The van der Waals surface area contributed by atoms with Crippen LogP contribution in [-0.2, 0) is 35.0 Å². The van der Waals surface area contributed by atoms with Gasteiger partial charge in [0.2, 0.25) is 11.8 Å². The summed E-state index contributed by atoms with van der Waals surface area (Å²) in [5, 5.41) is 15.6. The molecule has 1 aromatic carbocycles. The fourth-order valence-corrected chi connectivity index (χ4v) is 7.95. The average molecular weight is 699 g/mol. The van der Waals surface area contributed by atoms with Gasteiger partial charge in [-0.15, -0.1) is 0 Å². The van der Waals surface area contributed by atoms with Crippen LogP contribution in [0.4, 0.5) is 14.0 Å². The number of nitrogens with one attached hydrogen (secondary N) is 2. The highest BCUT2D eigenvalue weighted by Gasteiger charge is 2.61. The second-order valence-electron chi connectivity index (χ2n) is 14.1. The summed E-state index contributed by atoms with van der Waals surface area (Å²) in [6.45, 7) is 0.129.